The van der Waals surface area contributed by atoms with Crippen molar-refractivity contribution in [2.45, 2.75) is 52.1 Å². The first-order valence-corrected chi connectivity index (χ1v) is 17.9. The van der Waals surface area contributed by atoms with Gasteiger partial charge in [0, 0.05) is 37.9 Å². The van der Waals surface area contributed by atoms with Crippen molar-refractivity contribution >= 4 is 63.6 Å². The van der Waals surface area contributed by atoms with Crippen LogP contribution in [0.25, 0.3) is 0 Å². The number of hydrogen-bond acceptors (Lipinski definition) is 10. The molecule has 0 radical (unpaired) electrons. The summed E-state index contributed by atoms with van der Waals surface area (Å²) in [5, 5.41) is 6.89. The zero-order valence-corrected chi connectivity index (χ0v) is 29.7. The summed E-state index contributed by atoms with van der Waals surface area (Å²) in [5.74, 6) is 2.76. The van der Waals surface area contributed by atoms with Crippen LogP contribution in [0.1, 0.15) is 46.5 Å². The van der Waals surface area contributed by atoms with Crippen LogP contribution in [0.3, 0.4) is 0 Å². The normalized spacial score (nSPS) is 16.9. The van der Waals surface area contributed by atoms with Crippen LogP contribution < -0.4 is 24.6 Å². The molecule has 2 saturated heterocycles. The summed E-state index contributed by atoms with van der Waals surface area (Å²) in [6, 6.07) is 13.7. The van der Waals surface area contributed by atoms with Gasteiger partial charge in [-0.3, -0.25) is 0 Å². The molecule has 5 rings (SSSR count). The van der Waals surface area contributed by atoms with E-state index >= 15 is 0 Å². The number of methoxy groups -OCH3 is 1. The molecule has 2 N–H and O–H groups in total. The maximum Gasteiger partial charge on any atom is 0.410 e. The van der Waals surface area contributed by atoms with Gasteiger partial charge in [-0.1, -0.05) is 23.7 Å². The van der Waals surface area contributed by atoms with Gasteiger partial charge in [0.05, 0.1) is 43.1 Å². The van der Waals surface area contributed by atoms with Crippen LogP contribution in [-0.2, 0) is 16.1 Å². The number of carbonyl (C=O) groups is 1. The van der Waals surface area contributed by atoms with Crippen LogP contribution in [0.5, 0.6) is 5.75 Å². The monoisotopic (exact) mass is 683 g/mol. The lowest BCUT2D eigenvalue weighted by atomic mass is 9.79. The van der Waals surface area contributed by atoms with Gasteiger partial charge >= 0.3 is 6.09 Å². The molecule has 2 aliphatic rings. The summed E-state index contributed by atoms with van der Waals surface area (Å²) in [7, 11) is 3.42. The first-order valence-electron chi connectivity index (χ1n) is 16.1. The fraction of sp³-hybridized carbons (Fsp3) is 0.500. The number of piperidine rings is 2. The van der Waals surface area contributed by atoms with E-state index in [1.165, 1.54) is 6.20 Å². The summed E-state index contributed by atoms with van der Waals surface area (Å²) < 4.78 is 25.1. The van der Waals surface area contributed by atoms with Crippen molar-refractivity contribution in [1.29, 1.82) is 0 Å². The highest BCUT2D eigenvalue weighted by atomic mass is 35.5. The molecular weight excluding hydrogens is 638 g/mol. The minimum absolute atomic E-state index is 0.196. The summed E-state index contributed by atoms with van der Waals surface area (Å²) in [5.41, 5.74) is 2.85. The minimum atomic E-state index is -1.20. The highest BCUT2D eigenvalue weighted by molar-refractivity contribution is 7.92. The fourth-order valence-corrected chi connectivity index (χ4v) is 6.82. The molecule has 3 aromatic rings. The highest BCUT2D eigenvalue weighted by Crippen LogP contribution is 2.37. The van der Waals surface area contributed by atoms with Crippen molar-refractivity contribution in [3.8, 4) is 5.75 Å². The lowest BCUT2D eigenvalue weighted by Gasteiger charge is -2.41. The standard InChI is InChI=1S/C34H46ClN7O4S/c1-34(2,3)46-33(43)42-19-15-24(16-20-42)23-13-17-41(18-14-23)25-11-12-28(30(21-25)45-5)38-32-36-22-26(35)31(39-32)37-27-9-7-8-10-29(27)40(4)47(6)44/h7-12,21-24H,13-20H2,1-6H3,(H2,36,37,38,39). The van der Waals surface area contributed by atoms with Gasteiger partial charge in [-0.15, -0.1) is 0 Å². The number of benzene rings is 2. The van der Waals surface area contributed by atoms with Crippen molar-refractivity contribution < 1.29 is 18.8 Å². The molecule has 47 heavy (non-hydrogen) atoms. The number of likely N-dealkylation sites (tertiary alicyclic amines) is 1. The molecule has 1 aromatic heterocycles. The number of aromatic nitrogens is 2. The van der Waals surface area contributed by atoms with Crippen molar-refractivity contribution in [2.75, 3.05) is 66.4 Å². The molecule has 13 heteroatoms. The van der Waals surface area contributed by atoms with E-state index in [-0.39, 0.29) is 6.09 Å². The van der Waals surface area contributed by atoms with E-state index in [0.717, 1.165) is 68.9 Å². The van der Waals surface area contributed by atoms with Crippen molar-refractivity contribution in [1.82, 2.24) is 14.9 Å². The number of rotatable bonds is 9. The number of anilines is 6. The minimum Gasteiger partial charge on any atom is -0.593 e. The van der Waals surface area contributed by atoms with Gasteiger partial charge in [-0.05, 0) is 82.6 Å². The molecule has 2 aliphatic heterocycles. The topological polar surface area (TPSA) is 118 Å². The third-order valence-electron chi connectivity index (χ3n) is 8.82. The zero-order chi connectivity index (χ0) is 33.7. The Balaban J connectivity index is 1.19. The Morgan fingerprint density at radius 1 is 1.02 bits per heavy atom. The maximum absolute atomic E-state index is 12.5. The molecule has 1 amide bonds. The Hall–Kier alpha value is -3.61. The van der Waals surface area contributed by atoms with Gasteiger partial charge in [0.1, 0.15) is 28.3 Å². The van der Waals surface area contributed by atoms with Gasteiger partial charge < -0.3 is 34.5 Å². The third kappa shape index (κ3) is 8.85. The molecule has 0 saturated carbocycles. The van der Waals surface area contributed by atoms with Crippen molar-refractivity contribution in [3.05, 3.63) is 53.7 Å². The average Bonchev–Trinajstić information content (AvgIpc) is 3.05. The van der Waals surface area contributed by atoms with Crippen molar-refractivity contribution in [2.24, 2.45) is 11.8 Å². The van der Waals surface area contributed by atoms with Crippen LogP contribution in [0.4, 0.5) is 39.3 Å². The first-order chi connectivity index (χ1) is 22.4. The van der Waals surface area contributed by atoms with Crippen molar-refractivity contribution in [3.63, 3.8) is 0 Å². The van der Waals surface area contributed by atoms with E-state index in [1.54, 1.807) is 24.7 Å². The number of nitrogens with one attached hydrogen (secondary N) is 2. The van der Waals surface area contributed by atoms with E-state index in [2.05, 4.69) is 31.6 Å². The molecule has 1 atom stereocenters. The SMILES string of the molecule is COc1cc(N2CCC(C3CCN(C(=O)OC(C)(C)C)CC3)CC2)ccc1Nc1ncc(Cl)c(Nc2ccccc2N(C)[S+](C)[O-])n1. The fourth-order valence-electron chi connectivity index (χ4n) is 6.24. The van der Waals surface area contributed by atoms with Gasteiger partial charge in [0.15, 0.2) is 5.82 Å². The second kappa shape index (κ2) is 15.1. The highest BCUT2D eigenvalue weighted by Gasteiger charge is 2.32. The van der Waals surface area contributed by atoms with Gasteiger partial charge in [0.2, 0.25) is 5.95 Å². The Morgan fingerprint density at radius 2 is 1.68 bits per heavy atom. The van der Waals surface area contributed by atoms with Gasteiger partial charge in [-0.2, -0.15) is 9.29 Å². The quantitative estimate of drug-likeness (QED) is 0.224. The summed E-state index contributed by atoms with van der Waals surface area (Å²) in [6.45, 7) is 9.22. The predicted molar refractivity (Wildman–Crippen MR) is 191 cm³/mol. The van der Waals surface area contributed by atoms with Crippen LogP contribution in [0, 0.1) is 11.8 Å². The molecule has 1 unspecified atom stereocenters. The first kappa shape index (κ1) is 34.7. The lowest BCUT2D eigenvalue weighted by molar-refractivity contribution is 0.0152. The second-order valence-corrected chi connectivity index (χ2v) is 14.9. The molecule has 254 valence electrons. The smallest absolute Gasteiger partial charge is 0.410 e. The number of carbonyl (C=O) groups excluding carboxylic acids is 1. The van der Waals surface area contributed by atoms with E-state index in [4.69, 9.17) is 21.1 Å². The Kier molecular flexibility index (Phi) is 11.1. The van der Waals surface area contributed by atoms with E-state index in [1.807, 2.05) is 62.1 Å². The zero-order valence-electron chi connectivity index (χ0n) is 28.1. The lowest BCUT2D eigenvalue weighted by Crippen LogP contribution is -2.44. The number of hydrogen-bond donors (Lipinski definition) is 2. The molecule has 3 heterocycles. The third-order valence-corrected chi connectivity index (χ3v) is 10.1. The van der Waals surface area contributed by atoms with E-state index in [9.17, 15) is 9.35 Å². The van der Waals surface area contributed by atoms with Crippen LogP contribution in [-0.4, -0.2) is 77.7 Å². The molecule has 2 aromatic carbocycles. The summed E-state index contributed by atoms with van der Waals surface area (Å²) in [4.78, 5) is 25.8. The van der Waals surface area contributed by atoms with E-state index < -0.39 is 17.0 Å². The summed E-state index contributed by atoms with van der Waals surface area (Å²) >= 11 is 5.27. The van der Waals surface area contributed by atoms with Crippen LogP contribution in [0.2, 0.25) is 5.02 Å². The largest absolute Gasteiger partial charge is 0.593 e. The van der Waals surface area contributed by atoms with Gasteiger partial charge in [0.25, 0.3) is 0 Å². The van der Waals surface area contributed by atoms with E-state index in [0.29, 0.717) is 40.1 Å². The Bertz CT molecular complexity index is 1520. The summed E-state index contributed by atoms with van der Waals surface area (Å²) in [6.07, 6.45) is 7.28. The molecule has 0 bridgehead atoms. The van der Waals surface area contributed by atoms with Crippen LogP contribution >= 0.6 is 11.6 Å². The number of amides is 1. The molecule has 0 aliphatic carbocycles. The average molecular weight is 684 g/mol. The number of ether oxygens (including phenoxy) is 2. The molecule has 11 nitrogen and oxygen atoms in total. The number of halogens is 1. The Morgan fingerprint density at radius 3 is 2.32 bits per heavy atom. The predicted octanol–water partition coefficient (Wildman–Crippen LogP) is 7.22. The Labute approximate surface area is 286 Å². The second-order valence-electron chi connectivity index (χ2n) is 13.1. The van der Waals surface area contributed by atoms with Gasteiger partial charge in [-0.25, -0.2) is 9.78 Å². The van der Waals surface area contributed by atoms with Crippen LogP contribution in [0.15, 0.2) is 48.7 Å². The molecule has 0 spiro atoms. The maximum atomic E-state index is 12.5. The number of para-hydroxylation sites is 2. The number of nitrogens with zero attached hydrogens (tertiary/aromatic N) is 5. The molecular formula is C34H46ClN7O4S. The molecule has 2 fully saturated rings.